The van der Waals surface area contributed by atoms with Gasteiger partial charge in [0.15, 0.2) is 0 Å². The summed E-state index contributed by atoms with van der Waals surface area (Å²) in [5.41, 5.74) is 1.23. The molecule has 0 aromatic carbocycles. The summed E-state index contributed by atoms with van der Waals surface area (Å²) in [6.45, 7) is 9.81. The van der Waals surface area contributed by atoms with Crippen molar-refractivity contribution in [2.45, 2.75) is 59.2 Å². The zero-order chi connectivity index (χ0) is 14.3. The molecule has 2 atom stereocenters. The third-order valence-corrected chi connectivity index (χ3v) is 3.32. The van der Waals surface area contributed by atoms with E-state index in [0.29, 0.717) is 12.6 Å². The first-order valence-corrected chi connectivity index (χ1v) is 7.25. The van der Waals surface area contributed by atoms with Crippen molar-refractivity contribution in [3.63, 3.8) is 0 Å². The van der Waals surface area contributed by atoms with E-state index in [1.165, 1.54) is 5.56 Å². The summed E-state index contributed by atoms with van der Waals surface area (Å²) in [7, 11) is 0. The number of rotatable bonds is 8. The van der Waals surface area contributed by atoms with Gasteiger partial charge >= 0.3 is 0 Å². The van der Waals surface area contributed by atoms with Crippen molar-refractivity contribution in [2.75, 3.05) is 6.54 Å². The highest BCUT2D eigenvalue weighted by Gasteiger charge is 2.09. The molecule has 1 aromatic heterocycles. The lowest BCUT2D eigenvalue weighted by atomic mass is 10.2. The molecule has 0 aliphatic carbocycles. The Balaban J connectivity index is 2.48. The first-order chi connectivity index (χ1) is 9.06. The van der Waals surface area contributed by atoms with Crippen LogP contribution < -0.4 is 10.6 Å². The first kappa shape index (κ1) is 15.8. The molecule has 2 unspecified atom stereocenters. The predicted octanol–water partition coefficient (Wildman–Crippen LogP) is 2.46. The summed E-state index contributed by atoms with van der Waals surface area (Å²) in [6, 6.07) is 2.65. The van der Waals surface area contributed by atoms with E-state index in [4.69, 9.17) is 0 Å². The van der Waals surface area contributed by atoms with Crippen molar-refractivity contribution in [3.05, 3.63) is 24.0 Å². The minimum Gasteiger partial charge on any atom is -0.352 e. The highest BCUT2D eigenvalue weighted by atomic mass is 16.2. The van der Waals surface area contributed by atoms with E-state index in [2.05, 4.69) is 37.5 Å². The van der Waals surface area contributed by atoms with Gasteiger partial charge in [-0.1, -0.05) is 13.8 Å². The normalized spacial score (nSPS) is 14.1. The molecule has 0 fully saturated rings. The Morgan fingerprint density at radius 1 is 1.37 bits per heavy atom. The summed E-state index contributed by atoms with van der Waals surface area (Å²) >= 11 is 0. The number of amides is 1. The van der Waals surface area contributed by atoms with Crippen LogP contribution in [0.2, 0.25) is 0 Å². The summed E-state index contributed by atoms with van der Waals surface area (Å²) in [4.78, 5) is 11.8. The van der Waals surface area contributed by atoms with Gasteiger partial charge in [-0.25, -0.2) is 0 Å². The van der Waals surface area contributed by atoms with Crippen LogP contribution >= 0.6 is 0 Å². The highest BCUT2D eigenvalue weighted by Crippen LogP contribution is 2.12. The van der Waals surface area contributed by atoms with Crippen molar-refractivity contribution in [2.24, 2.45) is 0 Å². The van der Waals surface area contributed by atoms with Gasteiger partial charge in [-0.3, -0.25) is 4.79 Å². The van der Waals surface area contributed by atoms with Gasteiger partial charge in [0.1, 0.15) is 6.54 Å². The molecular weight excluding hydrogens is 238 g/mol. The Labute approximate surface area is 116 Å². The molecule has 0 bridgehead atoms. The molecule has 19 heavy (non-hydrogen) atoms. The first-order valence-electron chi connectivity index (χ1n) is 7.25. The molecule has 0 spiro atoms. The van der Waals surface area contributed by atoms with E-state index in [0.717, 1.165) is 19.4 Å². The molecule has 0 aliphatic rings. The Morgan fingerprint density at radius 2 is 2.11 bits per heavy atom. The Bertz CT molecular complexity index is 386. The van der Waals surface area contributed by atoms with E-state index in [9.17, 15) is 4.79 Å². The number of nitrogens with zero attached hydrogens (tertiary/aromatic N) is 1. The SMILES string of the molecule is CCCNC(C)c1ccn(CC(=O)NC(C)CC)c1. The second-order valence-corrected chi connectivity index (χ2v) is 5.17. The molecular formula is C15H27N3O. The Hall–Kier alpha value is -1.29. The van der Waals surface area contributed by atoms with Crippen LogP contribution in [0.1, 0.15) is 52.1 Å². The number of nitrogens with one attached hydrogen (secondary N) is 2. The van der Waals surface area contributed by atoms with Crippen LogP contribution in [0.5, 0.6) is 0 Å². The molecule has 1 rings (SSSR count). The zero-order valence-corrected chi connectivity index (χ0v) is 12.6. The number of hydrogen-bond acceptors (Lipinski definition) is 2. The molecule has 108 valence electrons. The topological polar surface area (TPSA) is 46.1 Å². The average molecular weight is 265 g/mol. The number of hydrogen-bond donors (Lipinski definition) is 2. The van der Waals surface area contributed by atoms with Gasteiger partial charge in [0.25, 0.3) is 0 Å². The third kappa shape index (κ3) is 5.47. The highest BCUT2D eigenvalue weighted by molar-refractivity contribution is 5.76. The summed E-state index contributed by atoms with van der Waals surface area (Å²) in [6.07, 6.45) is 6.10. The molecule has 1 amide bonds. The Kier molecular flexibility index (Phi) is 6.64. The second-order valence-electron chi connectivity index (χ2n) is 5.17. The lowest BCUT2D eigenvalue weighted by Crippen LogP contribution is -2.34. The monoisotopic (exact) mass is 265 g/mol. The molecule has 2 N–H and O–H groups in total. The minimum absolute atomic E-state index is 0.0747. The third-order valence-electron chi connectivity index (χ3n) is 3.32. The lowest BCUT2D eigenvalue weighted by molar-refractivity contribution is -0.122. The van der Waals surface area contributed by atoms with Gasteiger partial charge in [-0.05, 0) is 44.9 Å². The molecule has 0 aliphatic heterocycles. The second kappa shape index (κ2) is 8.00. The zero-order valence-electron chi connectivity index (χ0n) is 12.6. The number of aromatic nitrogens is 1. The van der Waals surface area contributed by atoms with Crippen LogP contribution in [0.15, 0.2) is 18.5 Å². The minimum atomic E-state index is 0.0747. The summed E-state index contributed by atoms with van der Waals surface area (Å²) in [5.74, 6) is 0.0747. The van der Waals surface area contributed by atoms with Crippen LogP contribution in [-0.2, 0) is 11.3 Å². The van der Waals surface area contributed by atoms with Crippen molar-refractivity contribution in [3.8, 4) is 0 Å². The summed E-state index contributed by atoms with van der Waals surface area (Å²) in [5, 5.41) is 6.42. The Morgan fingerprint density at radius 3 is 2.74 bits per heavy atom. The summed E-state index contributed by atoms with van der Waals surface area (Å²) < 4.78 is 1.94. The van der Waals surface area contributed by atoms with Crippen molar-refractivity contribution in [1.82, 2.24) is 15.2 Å². The fourth-order valence-electron chi connectivity index (χ4n) is 1.88. The largest absolute Gasteiger partial charge is 0.352 e. The molecule has 0 radical (unpaired) electrons. The molecule has 0 saturated carbocycles. The average Bonchev–Trinajstić information content (AvgIpc) is 2.84. The predicted molar refractivity (Wildman–Crippen MR) is 79.0 cm³/mol. The standard InChI is InChI=1S/C15H27N3O/c1-5-8-16-13(4)14-7-9-18(10-14)11-15(19)17-12(3)6-2/h7,9-10,12-13,16H,5-6,8,11H2,1-4H3,(H,17,19). The molecule has 4 heteroatoms. The van der Waals surface area contributed by atoms with Gasteiger partial charge in [-0.15, -0.1) is 0 Å². The van der Waals surface area contributed by atoms with E-state index in [1.807, 2.05) is 23.9 Å². The van der Waals surface area contributed by atoms with Gasteiger partial charge in [0, 0.05) is 24.5 Å². The van der Waals surface area contributed by atoms with Crippen LogP contribution in [0.25, 0.3) is 0 Å². The van der Waals surface area contributed by atoms with E-state index in [1.54, 1.807) is 0 Å². The van der Waals surface area contributed by atoms with E-state index in [-0.39, 0.29) is 11.9 Å². The number of carbonyl (C=O) groups is 1. The molecule has 1 aromatic rings. The van der Waals surface area contributed by atoms with Gasteiger partial charge in [0.05, 0.1) is 0 Å². The quantitative estimate of drug-likeness (QED) is 0.758. The van der Waals surface area contributed by atoms with Crippen LogP contribution in [0.4, 0.5) is 0 Å². The number of carbonyl (C=O) groups excluding carboxylic acids is 1. The van der Waals surface area contributed by atoms with E-state index < -0.39 is 0 Å². The molecule has 0 saturated heterocycles. The van der Waals surface area contributed by atoms with Crippen LogP contribution in [-0.4, -0.2) is 23.1 Å². The lowest BCUT2D eigenvalue weighted by Gasteiger charge is -2.12. The van der Waals surface area contributed by atoms with Crippen LogP contribution in [0, 0.1) is 0 Å². The van der Waals surface area contributed by atoms with Crippen molar-refractivity contribution < 1.29 is 4.79 Å². The maximum atomic E-state index is 11.8. The fourth-order valence-corrected chi connectivity index (χ4v) is 1.88. The molecule has 1 heterocycles. The van der Waals surface area contributed by atoms with E-state index >= 15 is 0 Å². The van der Waals surface area contributed by atoms with Crippen molar-refractivity contribution >= 4 is 5.91 Å². The van der Waals surface area contributed by atoms with Crippen molar-refractivity contribution in [1.29, 1.82) is 0 Å². The smallest absolute Gasteiger partial charge is 0.240 e. The van der Waals surface area contributed by atoms with Gasteiger partial charge in [0.2, 0.25) is 5.91 Å². The van der Waals surface area contributed by atoms with Gasteiger partial charge in [-0.2, -0.15) is 0 Å². The van der Waals surface area contributed by atoms with Crippen LogP contribution in [0.3, 0.4) is 0 Å². The molecule has 4 nitrogen and oxygen atoms in total. The van der Waals surface area contributed by atoms with Gasteiger partial charge < -0.3 is 15.2 Å². The fraction of sp³-hybridized carbons (Fsp3) is 0.667. The maximum Gasteiger partial charge on any atom is 0.240 e. The maximum absolute atomic E-state index is 11.8.